The highest BCUT2D eigenvalue weighted by Crippen LogP contribution is 2.28. The van der Waals surface area contributed by atoms with Crippen LogP contribution in [0, 0.1) is 0 Å². The molecule has 10 heteroatoms. The van der Waals surface area contributed by atoms with Crippen LogP contribution in [0.15, 0.2) is 71.9 Å². The van der Waals surface area contributed by atoms with Gasteiger partial charge >= 0.3 is 6.03 Å². The minimum Gasteiger partial charge on any atom is -0.355 e. The Bertz CT molecular complexity index is 1220. The molecule has 3 amide bonds. The lowest BCUT2D eigenvalue weighted by molar-refractivity contribution is -0.118. The van der Waals surface area contributed by atoms with E-state index in [-0.39, 0.29) is 35.7 Å². The highest BCUT2D eigenvalue weighted by molar-refractivity contribution is 7.99. The van der Waals surface area contributed by atoms with E-state index < -0.39 is 0 Å². The second kappa shape index (κ2) is 14.4. The maximum absolute atomic E-state index is 12.7. The topological polar surface area (TPSA) is 90.5 Å². The van der Waals surface area contributed by atoms with Crippen LogP contribution in [-0.4, -0.2) is 70.8 Å². The second-order valence-electron chi connectivity index (χ2n) is 10.2. The zero-order chi connectivity index (χ0) is 28.5. The van der Waals surface area contributed by atoms with Crippen LogP contribution in [0.5, 0.6) is 0 Å². The van der Waals surface area contributed by atoms with Gasteiger partial charge in [0.15, 0.2) is 5.16 Å². The predicted molar refractivity (Wildman–Crippen MR) is 162 cm³/mol. The molecule has 1 aliphatic heterocycles. The molecular weight excluding hydrogens is 544 g/mol. The lowest BCUT2D eigenvalue weighted by Gasteiger charge is -2.40. The first-order valence-corrected chi connectivity index (χ1v) is 15.0. The van der Waals surface area contributed by atoms with E-state index in [0.717, 1.165) is 6.42 Å². The number of nitrogens with zero attached hydrogens (tertiary/aromatic N) is 4. The fraction of sp³-hybridized carbons (Fsp3) is 0.400. The van der Waals surface area contributed by atoms with Gasteiger partial charge in [0.1, 0.15) is 11.0 Å². The summed E-state index contributed by atoms with van der Waals surface area (Å²) in [6, 6.07) is 22.5. The molecule has 4 rings (SSSR count). The van der Waals surface area contributed by atoms with Crippen molar-refractivity contribution < 1.29 is 9.59 Å². The third-order valence-electron chi connectivity index (χ3n) is 6.78. The van der Waals surface area contributed by atoms with Crippen molar-refractivity contribution in [3.05, 3.63) is 83.0 Å². The first kappa shape index (κ1) is 29.7. The number of nitrogens with one attached hydrogen (secondary N) is 2. The molecule has 0 aliphatic carbocycles. The van der Waals surface area contributed by atoms with E-state index in [2.05, 4.69) is 49.8 Å². The van der Waals surface area contributed by atoms with E-state index in [9.17, 15) is 9.59 Å². The molecule has 0 radical (unpaired) electrons. The number of hydrogen-bond donors (Lipinski definition) is 2. The number of amides is 3. The second-order valence-corrected chi connectivity index (χ2v) is 11.6. The average Bonchev–Trinajstić information content (AvgIpc) is 2.94. The number of urea groups is 1. The van der Waals surface area contributed by atoms with Crippen LogP contribution in [0.1, 0.15) is 44.2 Å². The highest BCUT2D eigenvalue weighted by Gasteiger charge is 2.28. The van der Waals surface area contributed by atoms with Gasteiger partial charge in [-0.05, 0) is 38.3 Å². The van der Waals surface area contributed by atoms with E-state index in [1.165, 1.54) is 22.9 Å². The van der Waals surface area contributed by atoms with Crippen LogP contribution in [0.2, 0.25) is 5.15 Å². The molecule has 212 valence electrons. The van der Waals surface area contributed by atoms with Gasteiger partial charge in [0.25, 0.3) is 0 Å². The molecule has 2 N–H and O–H groups in total. The van der Waals surface area contributed by atoms with E-state index in [0.29, 0.717) is 42.3 Å². The lowest BCUT2D eigenvalue weighted by atomic mass is 9.88. The van der Waals surface area contributed by atoms with Gasteiger partial charge in [0.2, 0.25) is 5.91 Å². The summed E-state index contributed by atoms with van der Waals surface area (Å²) in [6.45, 7) is 8.34. The Morgan fingerprint density at radius 2 is 1.68 bits per heavy atom. The molecule has 1 unspecified atom stereocenters. The Labute approximate surface area is 245 Å². The van der Waals surface area contributed by atoms with Gasteiger partial charge in [0.05, 0.1) is 5.75 Å². The summed E-state index contributed by atoms with van der Waals surface area (Å²) in [5.41, 5.74) is 2.46. The molecule has 0 spiro atoms. The molecule has 2 aromatic carbocycles. The summed E-state index contributed by atoms with van der Waals surface area (Å²) in [6.07, 6.45) is 0.793. The normalized spacial score (nSPS) is 15.4. The van der Waals surface area contributed by atoms with Crippen LogP contribution in [0.25, 0.3) is 0 Å². The fourth-order valence-corrected chi connectivity index (χ4v) is 5.75. The van der Waals surface area contributed by atoms with Crippen molar-refractivity contribution in [3.8, 4) is 0 Å². The van der Waals surface area contributed by atoms with Crippen LogP contribution in [-0.2, 0) is 4.79 Å². The molecular formula is C30H37ClN6O2S. The van der Waals surface area contributed by atoms with Crippen molar-refractivity contribution in [1.82, 2.24) is 25.5 Å². The number of thioether (sulfide) groups is 1. The Morgan fingerprint density at radius 3 is 2.27 bits per heavy atom. The largest absolute Gasteiger partial charge is 0.355 e. The molecule has 1 aliphatic rings. The average molecular weight is 581 g/mol. The minimum atomic E-state index is -0.0756. The van der Waals surface area contributed by atoms with Crippen LogP contribution >= 0.6 is 23.4 Å². The molecule has 0 bridgehead atoms. The fourth-order valence-electron chi connectivity index (χ4n) is 4.84. The van der Waals surface area contributed by atoms with Gasteiger partial charge in [-0.1, -0.05) is 84.0 Å². The van der Waals surface area contributed by atoms with Crippen molar-refractivity contribution in [2.45, 2.75) is 50.4 Å². The number of piperazine rings is 1. The molecule has 1 aromatic heterocycles. The predicted octanol–water partition coefficient (Wildman–Crippen LogP) is 5.19. The van der Waals surface area contributed by atoms with Crippen molar-refractivity contribution in [1.29, 1.82) is 0 Å². The maximum Gasteiger partial charge on any atom is 0.317 e. The number of anilines is 1. The zero-order valence-electron chi connectivity index (χ0n) is 23.2. The molecule has 3 aromatic rings. The SMILES string of the molecule is CC(C)NC(=O)N1CCN(c2cc(Cl)nc(SCC(=O)NCCC(c3ccccc3)c3ccccc3)n2)CC1C. The number of carbonyl (C=O) groups excluding carboxylic acids is 2. The maximum atomic E-state index is 12.7. The standard InChI is InChI=1S/C30H37ClN6O2S/c1-21(2)33-30(39)37-17-16-36(19-22(37)3)27-18-26(31)34-29(35-27)40-20-28(38)32-15-14-25(23-10-6-4-7-11-23)24-12-8-5-9-13-24/h4-13,18,21-22,25H,14-17,19-20H2,1-3H3,(H,32,38)(H,33,39). The number of carbonyl (C=O) groups is 2. The Balaban J connectivity index is 1.30. The van der Waals surface area contributed by atoms with E-state index in [1.54, 1.807) is 6.07 Å². The van der Waals surface area contributed by atoms with Gasteiger partial charge in [-0.15, -0.1) is 0 Å². The summed E-state index contributed by atoms with van der Waals surface area (Å²) in [4.78, 5) is 38.1. The van der Waals surface area contributed by atoms with Crippen LogP contribution in [0.3, 0.4) is 0 Å². The third kappa shape index (κ3) is 8.35. The molecule has 2 heterocycles. The summed E-state index contributed by atoms with van der Waals surface area (Å²) < 4.78 is 0. The van der Waals surface area contributed by atoms with Gasteiger partial charge in [-0.25, -0.2) is 14.8 Å². The lowest BCUT2D eigenvalue weighted by Crippen LogP contribution is -2.57. The van der Waals surface area contributed by atoms with Crippen LogP contribution < -0.4 is 15.5 Å². The summed E-state index contributed by atoms with van der Waals surface area (Å²) in [5, 5.41) is 6.79. The Morgan fingerprint density at radius 1 is 1.02 bits per heavy atom. The van der Waals surface area contributed by atoms with E-state index in [1.807, 2.05) is 62.1 Å². The Hall–Kier alpha value is -3.30. The molecule has 0 saturated carbocycles. The van der Waals surface area contributed by atoms with Gasteiger partial charge in [-0.3, -0.25) is 4.79 Å². The molecule has 1 saturated heterocycles. The Kier molecular flexibility index (Phi) is 10.7. The van der Waals surface area contributed by atoms with Crippen molar-refractivity contribution in [2.24, 2.45) is 0 Å². The number of benzene rings is 2. The van der Waals surface area contributed by atoms with Crippen molar-refractivity contribution in [3.63, 3.8) is 0 Å². The molecule has 1 fully saturated rings. The number of aromatic nitrogens is 2. The van der Waals surface area contributed by atoms with Crippen LogP contribution in [0.4, 0.5) is 10.6 Å². The summed E-state index contributed by atoms with van der Waals surface area (Å²) in [7, 11) is 0. The monoisotopic (exact) mass is 580 g/mol. The van der Waals surface area contributed by atoms with Crippen molar-refractivity contribution in [2.75, 3.05) is 36.8 Å². The smallest absolute Gasteiger partial charge is 0.317 e. The summed E-state index contributed by atoms with van der Waals surface area (Å²) >= 11 is 7.59. The number of halogens is 1. The number of hydrogen-bond acceptors (Lipinski definition) is 6. The molecule has 1 atom stereocenters. The first-order chi connectivity index (χ1) is 19.3. The minimum absolute atomic E-state index is 0.0127. The zero-order valence-corrected chi connectivity index (χ0v) is 24.8. The van der Waals surface area contributed by atoms with Gasteiger partial charge in [-0.2, -0.15) is 0 Å². The molecule has 8 nitrogen and oxygen atoms in total. The third-order valence-corrected chi connectivity index (χ3v) is 7.82. The van der Waals surface area contributed by atoms with E-state index >= 15 is 0 Å². The summed E-state index contributed by atoms with van der Waals surface area (Å²) in [5.74, 6) is 1.02. The molecule has 40 heavy (non-hydrogen) atoms. The van der Waals surface area contributed by atoms with Crippen molar-refractivity contribution >= 4 is 41.1 Å². The number of rotatable bonds is 10. The van der Waals surface area contributed by atoms with Gasteiger partial charge in [0, 0.05) is 50.2 Å². The first-order valence-electron chi connectivity index (χ1n) is 13.7. The quantitative estimate of drug-likeness (QED) is 0.195. The van der Waals surface area contributed by atoms with Gasteiger partial charge < -0.3 is 20.4 Å². The highest BCUT2D eigenvalue weighted by atomic mass is 35.5. The van der Waals surface area contributed by atoms with E-state index in [4.69, 9.17) is 11.6 Å².